The Kier molecular flexibility index (Phi) is 7.07. The maximum absolute atomic E-state index is 13.9. The number of alkyl halides is 3. The lowest BCUT2D eigenvalue weighted by atomic mass is 9.93. The molecule has 0 aliphatic carbocycles. The average molecular weight is 546 g/mol. The highest BCUT2D eigenvalue weighted by atomic mass is 19.4. The molecule has 0 unspecified atom stereocenters. The Morgan fingerprint density at radius 1 is 1.08 bits per heavy atom. The molecule has 0 spiro atoms. The summed E-state index contributed by atoms with van der Waals surface area (Å²) in [7, 11) is 1.50. The predicted molar refractivity (Wildman–Crippen MR) is 139 cm³/mol. The van der Waals surface area contributed by atoms with Crippen LogP contribution in [-0.2, 0) is 12.6 Å². The minimum Gasteiger partial charge on any atom is -0.456 e. The number of pyridine rings is 1. The lowest BCUT2D eigenvalue weighted by molar-refractivity contribution is -0.123. The molecule has 206 valence electrons. The number of rotatable bonds is 6. The number of amides is 1. The third-order valence-electron chi connectivity index (χ3n) is 6.27. The molecule has 0 bridgehead atoms. The number of nitrogens with one attached hydrogen (secondary N) is 2. The van der Waals surface area contributed by atoms with Crippen molar-refractivity contribution in [2.75, 3.05) is 6.54 Å². The van der Waals surface area contributed by atoms with E-state index in [-0.39, 0.29) is 16.6 Å². The summed E-state index contributed by atoms with van der Waals surface area (Å²) >= 11 is 0. The van der Waals surface area contributed by atoms with Crippen molar-refractivity contribution >= 4 is 16.8 Å². The summed E-state index contributed by atoms with van der Waals surface area (Å²) in [6.45, 7) is 5.03. The fourth-order valence-corrected chi connectivity index (χ4v) is 4.32. The Morgan fingerprint density at radius 2 is 1.72 bits per heavy atom. The van der Waals surface area contributed by atoms with E-state index < -0.39 is 35.6 Å². The number of nitrogens with zero attached hydrogens (tertiary/aromatic N) is 1. The van der Waals surface area contributed by atoms with Crippen molar-refractivity contribution in [3.63, 3.8) is 0 Å². The second-order valence-electron chi connectivity index (χ2n) is 9.97. The molecule has 1 amide bonds. The van der Waals surface area contributed by atoms with Gasteiger partial charge in [0.15, 0.2) is 0 Å². The zero-order valence-electron chi connectivity index (χ0n) is 21.9. The molecule has 2 aromatic heterocycles. The molecule has 0 saturated heterocycles. The smallest absolute Gasteiger partial charge is 0.405 e. The molecule has 2 heterocycles. The van der Waals surface area contributed by atoms with Crippen LogP contribution < -0.4 is 15.6 Å². The SMILES string of the molecule is Cc1cc(F)cc(C)c1Oc1ccc(C(C)(C)O)cc1-c1cn(C)c(=O)c2cc(C(=O)NCC(F)(F)F)[nH]c12. The van der Waals surface area contributed by atoms with E-state index in [0.717, 1.165) is 0 Å². The summed E-state index contributed by atoms with van der Waals surface area (Å²) in [5, 5.41) is 12.5. The number of halogens is 4. The Morgan fingerprint density at radius 3 is 2.31 bits per heavy atom. The molecule has 2 aromatic carbocycles. The van der Waals surface area contributed by atoms with E-state index in [0.29, 0.717) is 39.3 Å². The van der Waals surface area contributed by atoms with Gasteiger partial charge in [0.2, 0.25) is 0 Å². The van der Waals surface area contributed by atoms with Gasteiger partial charge in [0, 0.05) is 24.4 Å². The second kappa shape index (κ2) is 9.88. The van der Waals surface area contributed by atoms with E-state index in [4.69, 9.17) is 4.74 Å². The highest BCUT2D eigenvalue weighted by molar-refractivity contribution is 6.02. The number of benzene rings is 2. The third-order valence-corrected chi connectivity index (χ3v) is 6.27. The molecule has 3 N–H and O–H groups in total. The van der Waals surface area contributed by atoms with Crippen LogP contribution in [0.3, 0.4) is 0 Å². The van der Waals surface area contributed by atoms with Crippen LogP contribution in [0, 0.1) is 19.7 Å². The van der Waals surface area contributed by atoms with E-state index in [1.54, 1.807) is 51.2 Å². The molecule has 4 aromatic rings. The average Bonchev–Trinajstić information content (AvgIpc) is 3.27. The summed E-state index contributed by atoms with van der Waals surface area (Å²) in [5.41, 5.74) is 0.625. The lowest BCUT2D eigenvalue weighted by Crippen LogP contribution is -2.33. The number of aryl methyl sites for hydroxylation is 3. The molecule has 0 aliphatic rings. The first-order valence-electron chi connectivity index (χ1n) is 11.9. The minimum absolute atomic E-state index is 0.0703. The normalized spacial score (nSPS) is 12.2. The van der Waals surface area contributed by atoms with Crippen LogP contribution >= 0.6 is 0 Å². The molecular formula is C28H27F4N3O4. The summed E-state index contributed by atoms with van der Waals surface area (Å²) in [6, 6.07) is 8.80. The van der Waals surface area contributed by atoms with E-state index in [2.05, 4.69) is 4.98 Å². The molecule has 0 atom stereocenters. The van der Waals surface area contributed by atoms with Gasteiger partial charge in [0.05, 0.1) is 16.5 Å². The van der Waals surface area contributed by atoms with Crippen molar-refractivity contribution in [2.45, 2.75) is 39.5 Å². The Hall–Kier alpha value is -4.12. The van der Waals surface area contributed by atoms with Gasteiger partial charge in [0.1, 0.15) is 29.6 Å². The van der Waals surface area contributed by atoms with Gasteiger partial charge in [-0.15, -0.1) is 0 Å². The first kappa shape index (κ1) is 27.9. The first-order valence-corrected chi connectivity index (χ1v) is 11.9. The molecule has 11 heteroatoms. The first-order chi connectivity index (χ1) is 18.0. The van der Waals surface area contributed by atoms with Crippen LogP contribution in [0.25, 0.3) is 22.0 Å². The van der Waals surface area contributed by atoms with Gasteiger partial charge in [-0.3, -0.25) is 9.59 Å². The van der Waals surface area contributed by atoms with Crippen molar-refractivity contribution in [3.8, 4) is 22.6 Å². The molecule has 4 rings (SSSR count). The summed E-state index contributed by atoms with van der Waals surface area (Å²) < 4.78 is 59.3. The number of aliphatic hydroxyl groups is 1. The number of aromatic amines is 1. The maximum atomic E-state index is 13.9. The van der Waals surface area contributed by atoms with Gasteiger partial charge in [-0.2, -0.15) is 13.2 Å². The number of hydrogen-bond donors (Lipinski definition) is 3. The van der Waals surface area contributed by atoms with Gasteiger partial charge < -0.3 is 24.7 Å². The number of fused-ring (bicyclic) bond motifs is 1. The molecule has 39 heavy (non-hydrogen) atoms. The van der Waals surface area contributed by atoms with Crippen LogP contribution in [-0.4, -0.2) is 33.3 Å². The van der Waals surface area contributed by atoms with Crippen molar-refractivity contribution in [1.82, 2.24) is 14.9 Å². The summed E-state index contributed by atoms with van der Waals surface area (Å²) in [4.78, 5) is 28.2. The number of carbonyl (C=O) groups is 1. The van der Waals surface area contributed by atoms with Gasteiger partial charge in [-0.05, 0) is 74.7 Å². The van der Waals surface area contributed by atoms with Gasteiger partial charge in [0.25, 0.3) is 11.5 Å². The van der Waals surface area contributed by atoms with Crippen LogP contribution in [0.2, 0.25) is 0 Å². The Bertz CT molecular complexity index is 1620. The number of carbonyl (C=O) groups excluding carboxylic acids is 1. The van der Waals surface area contributed by atoms with E-state index in [1.807, 2.05) is 0 Å². The van der Waals surface area contributed by atoms with Crippen LogP contribution in [0.5, 0.6) is 11.5 Å². The van der Waals surface area contributed by atoms with Crippen molar-refractivity contribution < 1.29 is 32.2 Å². The lowest BCUT2D eigenvalue weighted by Gasteiger charge is -2.22. The topological polar surface area (TPSA) is 96.3 Å². The van der Waals surface area contributed by atoms with Crippen molar-refractivity contribution in [2.24, 2.45) is 7.05 Å². The maximum Gasteiger partial charge on any atom is 0.405 e. The summed E-state index contributed by atoms with van der Waals surface area (Å²) in [5.74, 6) is -0.736. The van der Waals surface area contributed by atoms with Gasteiger partial charge >= 0.3 is 6.18 Å². The van der Waals surface area contributed by atoms with Crippen LogP contribution in [0.1, 0.15) is 41.0 Å². The summed E-state index contributed by atoms with van der Waals surface area (Å²) in [6.07, 6.45) is -3.11. The molecule has 0 aliphatic heterocycles. The van der Waals surface area contributed by atoms with Gasteiger partial charge in [-0.1, -0.05) is 6.07 Å². The molecule has 0 radical (unpaired) electrons. The molecule has 0 fully saturated rings. The standard InChI is InChI=1S/C28H27F4N3O4/c1-14-8-17(29)9-15(2)24(14)39-22-7-6-16(27(3,4)38)10-18(22)20-12-35(5)26(37)19-11-21(34-23(19)20)25(36)33-13-28(30,31)32/h6-12,34,38H,13H2,1-5H3,(H,33,36). The zero-order chi connectivity index (χ0) is 28.9. The predicted octanol–water partition coefficient (Wildman–Crippen LogP) is 5.60. The highest BCUT2D eigenvalue weighted by Gasteiger charge is 2.29. The molecule has 7 nitrogen and oxygen atoms in total. The number of hydrogen-bond acceptors (Lipinski definition) is 4. The van der Waals surface area contributed by atoms with Crippen LogP contribution in [0.15, 0.2) is 47.4 Å². The van der Waals surface area contributed by atoms with E-state index in [9.17, 15) is 32.3 Å². The zero-order valence-corrected chi connectivity index (χ0v) is 21.9. The van der Waals surface area contributed by atoms with Gasteiger partial charge in [-0.25, -0.2) is 4.39 Å². The monoisotopic (exact) mass is 545 g/mol. The third kappa shape index (κ3) is 5.83. The largest absolute Gasteiger partial charge is 0.456 e. The number of H-pyrrole nitrogens is 1. The fourth-order valence-electron chi connectivity index (χ4n) is 4.32. The number of ether oxygens (including phenoxy) is 1. The minimum atomic E-state index is -4.61. The highest BCUT2D eigenvalue weighted by Crippen LogP contribution is 2.40. The van der Waals surface area contributed by atoms with Crippen molar-refractivity contribution in [3.05, 3.63) is 81.2 Å². The Balaban J connectivity index is 1.93. The second-order valence-corrected chi connectivity index (χ2v) is 9.97. The number of aromatic nitrogens is 2. The van der Waals surface area contributed by atoms with Crippen LogP contribution in [0.4, 0.5) is 17.6 Å². The fraction of sp³-hybridized carbons (Fsp3) is 0.286. The quantitative estimate of drug-likeness (QED) is 0.275. The molecule has 0 saturated carbocycles. The molecular weight excluding hydrogens is 518 g/mol. The Labute approximate surface area is 221 Å². The van der Waals surface area contributed by atoms with E-state index >= 15 is 0 Å². The van der Waals surface area contributed by atoms with Crippen molar-refractivity contribution in [1.29, 1.82) is 0 Å². The van der Waals surface area contributed by atoms with E-state index in [1.165, 1.54) is 36.0 Å².